The van der Waals surface area contributed by atoms with Crippen LogP contribution in [0, 0.1) is 5.41 Å². The number of hydrogen-bond acceptors (Lipinski definition) is 3. The fraction of sp³-hybridized carbons (Fsp3) is 0.533. The molecular formula is C15H18N4O. The lowest BCUT2D eigenvalue weighted by Crippen LogP contribution is -2.45. The topological polar surface area (TPSA) is 50.5 Å². The number of nitrogens with zero attached hydrogens (tertiary/aromatic N) is 4. The molecule has 0 unspecified atom stereocenters. The summed E-state index contributed by atoms with van der Waals surface area (Å²) in [5.74, 6) is 0.0992. The highest BCUT2D eigenvalue weighted by atomic mass is 16.2. The summed E-state index contributed by atoms with van der Waals surface area (Å²) in [5.41, 5.74) is 2.03. The lowest BCUT2D eigenvalue weighted by atomic mass is 9.63. The van der Waals surface area contributed by atoms with E-state index < -0.39 is 0 Å². The highest BCUT2D eigenvalue weighted by Gasteiger charge is 2.40. The quantitative estimate of drug-likeness (QED) is 0.797. The predicted octanol–water partition coefficient (Wildman–Crippen LogP) is 2.14. The monoisotopic (exact) mass is 270 g/mol. The third kappa shape index (κ3) is 1.72. The van der Waals surface area contributed by atoms with Crippen LogP contribution in [-0.4, -0.2) is 38.7 Å². The number of carbonyl (C=O) groups excluding carboxylic acids is 1. The molecule has 1 saturated heterocycles. The van der Waals surface area contributed by atoms with Gasteiger partial charge in [0.05, 0.1) is 11.8 Å². The van der Waals surface area contributed by atoms with E-state index in [2.05, 4.69) is 10.2 Å². The number of aromatic nitrogens is 3. The van der Waals surface area contributed by atoms with Gasteiger partial charge >= 0.3 is 0 Å². The van der Waals surface area contributed by atoms with E-state index in [1.807, 2.05) is 17.0 Å². The van der Waals surface area contributed by atoms with Gasteiger partial charge in [0.1, 0.15) is 5.52 Å². The summed E-state index contributed by atoms with van der Waals surface area (Å²) < 4.78 is 1.52. The average Bonchev–Trinajstić information content (AvgIpc) is 2.89. The van der Waals surface area contributed by atoms with E-state index in [1.165, 1.54) is 23.9 Å². The van der Waals surface area contributed by atoms with Crippen LogP contribution in [0.25, 0.3) is 5.52 Å². The van der Waals surface area contributed by atoms with E-state index in [4.69, 9.17) is 0 Å². The first-order valence-electron chi connectivity index (χ1n) is 7.36. The van der Waals surface area contributed by atoms with Crippen molar-refractivity contribution in [1.82, 2.24) is 19.7 Å². The highest BCUT2D eigenvalue weighted by Crippen LogP contribution is 2.48. The van der Waals surface area contributed by atoms with Gasteiger partial charge in [-0.05, 0) is 43.2 Å². The van der Waals surface area contributed by atoms with E-state index in [1.54, 1.807) is 12.4 Å². The Labute approximate surface area is 117 Å². The zero-order valence-corrected chi connectivity index (χ0v) is 11.5. The smallest absolute Gasteiger partial charge is 0.257 e. The fourth-order valence-electron chi connectivity index (χ4n) is 3.53. The molecule has 1 amide bonds. The Kier molecular flexibility index (Phi) is 2.55. The lowest BCUT2D eigenvalue weighted by Gasteiger charge is -2.47. The average molecular weight is 270 g/mol. The lowest BCUT2D eigenvalue weighted by molar-refractivity contribution is 0.0287. The van der Waals surface area contributed by atoms with Gasteiger partial charge in [-0.1, -0.05) is 6.42 Å². The maximum absolute atomic E-state index is 12.6. The Hall–Kier alpha value is -1.91. The van der Waals surface area contributed by atoms with Crippen LogP contribution in [0.1, 0.15) is 42.5 Å². The molecule has 0 N–H and O–H groups in total. The third-order valence-corrected chi connectivity index (χ3v) is 5.06. The molecule has 104 valence electrons. The molecule has 1 aliphatic heterocycles. The van der Waals surface area contributed by atoms with Crippen LogP contribution in [-0.2, 0) is 0 Å². The molecule has 1 spiro atoms. The van der Waals surface area contributed by atoms with Crippen molar-refractivity contribution in [3.8, 4) is 0 Å². The Morgan fingerprint density at radius 2 is 1.95 bits per heavy atom. The number of hydrogen-bond donors (Lipinski definition) is 0. The van der Waals surface area contributed by atoms with Gasteiger partial charge in [-0.3, -0.25) is 4.79 Å². The summed E-state index contributed by atoms with van der Waals surface area (Å²) in [6.45, 7) is 1.77. The van der Waals surface area contributed by atoms with Gasteiger partial charge in [0.25, 0.3) is 5.91 Å². The zero-order chi connectivity index (χ0) is 13.6. The van der Waals surface area contributed by atoms with Crippen LogP contribution in [0.3, 0.4) is 0 Å². The molecular weight excluding hydrogens is 252 g/mol. The normalized spacial score (nSPS) is 21.1. The van der Waals surface area contributed by atoms with Gasteiger partial charge in [-0.25, -0.2) is 0 Å². The van der Waals surface area contributed by atoms with Crippen LogP contribution in [0.15, 0.2) is 24.5 Å². The Morgan fingerprint density at radius 1 is 1.15 bits per heavy atom. The van der Waals surface area contributed by atoms with Crippen molar-refractivity contribution in [2.45, 2.75) is 32.1 Å². The summed E-state index contributed by atoms with van der Waals surface area (Å²) in [5, 5.41) is 8.26. The van der Waals surface area contributed by atoms with Gasteiger partial charge in [0.2, 0.25) is 0 Å². The molecule has 20 heavy (non-hydrogen) atoms. The summed E-state index contributed by atoms with van der Waals surface area (Å²) in [6.07, 6.45) is 9.72. The summed E-state index contributed by atoms with van der Waals surface area (Å²) in [7, 11) is 0. The number of carbonyl (C=O) groups is 1. The van der Waals surface area contributed by atoms with E-state index >= 15 is 0 Å². The van der Waals surface area contributed by atoms with Crippen molar-refractivity contribution in [3.63, 3.8) is 0 Å². The van der Waals surface area contributed by atoms with E-state index in [0.29, 0.717) is 11.0 Å². The molecule has 2 aromatic rings. The SMILES string of the molecule is O=C(c1cnn2ncccc12)N1CCC2(CCC2)CC1. The molecule has 1 saturated carbocycles. The molecule has 2 fully saturated rings. The van der Waals surface area contributed by atoms with E-state index in [0.717, 1.165) is 31.4 Å². The summed E-state index contributed by atoms with van der Waals surface area (Å²) in [6, 6.07) is 3.73. The molecule has 0 radical (unpaired) electrons. The van der Waals surface area contributed by atoms with Gasteiger partial charge in [-0.15, -0.1) is 0 Å². The number of likely N-dealkylation sites (tertiary alicyclic amines) is 1. The van der Waals surface area contributed by atoms with Crippen LogP contribution in [0.5, 0.6) is 0 Å². The van der Waals surface area contributed by atoms with Crippen LogP contribution >= 0.6 is 0 Å². The first-order chi connectivity index (χ1) is 9.77. The second-order valence-corrected chi connectivity index (χ2v) is 6.10. The molecule has 5 nitrogen and oxygen atoms in total. The second-order valence-electron chi connectivity index (χ2n) is 6.10. The first-order valence-corrected chi connectivity index (χ1v) is 7.36. The van der Waals surface area contributed by atoms with Crippen molar-refractivity contribution in [2.75, 3.05) is 13.1 Å². The highest BCUT2D eigenvalue weighted by molar-refractivity contribution is 6.00. The summed E-state index contributed by atoms with van der Waals surface area (Å²) >= 11 is 0. The van der Waals surface area contributed by atoms with Gasteiger partial charge in [0.15, 0.2) is 0 Å². The Bertz CT molecular complexity index is 649. The van der Waals surface area contributed by atoms with Crippen molar-refractivity contribution in [2.24, 2.45) is 5.41 Å². The van der Waals surface area contributed by atoms with Gasteiger partial charge in [0, 0.05) is 19.3 Å². The molecule has 4 rings (SSSR count). The van der Waals surface area contributed by atoms with Crippen LogP contribution in [0.2, 0.25) is 0 Å². The van der Waals surface area contributed by atoms with Crippen LogP contribution < -0.4 is 0 Å². The molecule has 0 aromatic carbocycles. The molecule has 1 aliphatic carbocycles. The number of rotatable bonds is 1. The first kappa shape index (κ1) is 11.9. The fourth-order valence-corrected chi connectivity index (χ4v) is 3.53. The molecule has 0 atom stereocenters. The minimum atomic E-state index is 0.0992. The van der Waals surface area contributed by atoms with E-state index in [9.17, 15) is 4.79 Å². The largest absolute Gasteiger partial charge is 0.338 e. The number of fused-ring (bicyclic) bond motifs is 1. The third-order valence-electron chi connectivity index (χ3n) is 5.06. The predicted molar refractivity (Wildman–Crippen MR) is 74.4 cm³/mol. The second kappa shape index (κ2) is 4.30. The minimum Gasteiger partial charge on any atom is -0.338 e. The maximum Gasteiger partial charge on any atom is 0.257 e. The molecule has 2 aromatic heterocycles. The minimum absolute atomic E-state index is 0.0992. The van der Waals surface area contributed by atoms with Gasteiger partial charge < -0.3 is 4.90 Å². The standard InChI is InChI=1S/C15H18N4O/c20-14(12-11-17-19-13(12)3-1-8-16-19)18-9-6-15(7-10-18)4-2-5-15/h1,3,8,11H,2,4-7,9-10H2. The van der Waals surface area contributed by atoms with Crippen molar-refractivity contribution in [3.05, 3.63) is 30.1 Å². The Morgan fingerprint density at radius 3 is 2.65 bits per heavy atom. The van der Waals surface area contributed by atoms with Crippen molar-refractivity contribution < 1.29 is 4.79 Å². The molecule has 0 bridgehead atoms. The maximum atomic E-state index is 12.6. The summed E-state index contributed by atoms with van der Waals surface area (Å²) in [4.78, 5) is 14.6. The number of piperidine rings is 1. The molecule has 2 aliphatic rings. The Balaban J connectivity index is 1.55. The molecule has 3 heterocycles. The number of amides is 1. The van der Waals surface area contributed by atoms with E-state index in [-0.39, 0.29) is 5.91 Å². The van der Waals surface area contributed by atoms with Gasteiger partial charge in [-0.2, -0.15) is 14.8 Å². The van der Waals surface area contributed by atoms with Crippen molar-refractivity contribution >= 4 is 11.4 Å². The van der Waals surface area contributed by atoms with Crippen molar-refractivity contribution in [1.29, 1.82) is 0 Å². The van der Waals surface area contributed by atoms with Crippen LogP contribution in [0.4, 0.5) is 0 Å². The zero-order valence-electron chi connectivity index (χ0n) is 11.5. The molecule has 5 heteroatoms.